The zero-order valence-electron chi connectivity index (χ0n) is 11.3. The van der Waals surface area contributed by atoms with Crippen LogP contribution in [0, 0.1) is 5.92 Å². The Bertz CT molecular complexity index is 190. The van der Waals surface area contributed by atoms with E-state index >= 15 is 0 Å². The molecule has 0 aliphatic carbocycles. The minimum atomic E-state index is -0.306. The van der Waals surface area contributed by atoms with E-state index in [0.717, 1.165) is 38.8 Å². The van der Waals surface area contributed by atoms with Gasteiger partial charge in [0.1, 0.15) is 0 Å². The van der Waals surface area contributed by atoms with E-state index in [0.29, 0.717) is 5.92 Å². The Kier molecular flexibility index (Phi) is 8.26. The summed E-state index contributed by atoms with van der Waals surface area (Å²) in [5, 5.41) is 0. The van der Waals surface area contributed by atoms with Gasteiger partial charge < -0.3 is 10.6 Å². The number of hydrogen-bond acceptors (Lipinski definition) is 2. The first kappa shape index (κ1) is 15.4. The van der Waals surface area contributed by atoms with Gasteiger partial charge in [0.25, 0.3) is 0 Å². The van der Waals surface area contributed by atoms with Crippen molar-refractivity contribution < 1.29 is 4.79 Å². The first-order chi connectivity index (χ1) is 7.60. The van der Waals surface area contributed by atoms with Crippen LogP contribution in [0.2, 0.25) is 0 Å². The Hall–Kier alpha value is -0.570. The molecule has 0 radical (unpaired) electrons. The van der Waals surface area contributed by atoms with Crippen molar-refractivity contribution in [3.05, 3.63) is 0 Å². The van der Waals surface area contributed by atoms with Crippen LogP contribution in [0.4, 0.5) is 0 Å². The molecule has 3 heteroatoms. The Labute approximate surface area is 100 Å². The normalized spacial score (nSPS) is 12.9. The van der Waals surface area contributed by atoms with E-state index in [4.69, 9.17) is 5.73 Å². The summed E-state index contributed by atoms with van der Waals surface area (Å²) in [7, 11) is 0. The van der Waals surface area contributed by atoms with E-state index in [-0.39, 0.29) is 11.9 Å². The van der Waals surface area contributed by atoms with Crippen molar-refractivity contribution in [1.82, 2.24) is 4.90 Å². The number of nitrogens with two attached hydrogens (primary N) is 1. The third kappa shape index (κ3) is 4.97. The largest absolute Gasteiger partial charge is 0.341 e. The summed E-state index contributed by atoms with van der Waals surface area (Å²) in [5.74, 6) is 0.731. The quantitative estimate of drug-likeness (QED) is 0.693. The fourth-order valence-corrected chi connectivity index (χ4v) is 1.90. The maximum atomic E-state index is 12.0. The number of nitrogens with zero attached hydrogens (tertiary/aromatic N) is 1. The topological polar surface area (TPSA) is 46.3 Å². The Morgan fingerprint density at radius 2 is 1.75 bits per heavy atom. The number of hydrogen-bond donors (Lipinski definition) is 1. The van der Waals surface area contributed by atoms with Crippen LogP contribution in [0.3, 0.4) is 0 Å². The molecule has 0 bridgehead atoms. The van der Waals surface area contributed by atoms with Crippen molar-refractivity contribution in [1.29, 1.82) is 0 Å². The fraction of sp³-hybridized carbons (Fsp3) is 0.923. The summed E-state index contributed by atoms with van der Waals surface area (Å²) in [5.41, 5.74) is 5.87. The molecular weight excluding hydrogens is 200 g/mol. The van der Waals surface area contributed by atoms with Crippen molar-refractivity contribution in [2.24, 2.45) is 11.7 Å². The second-order valence-corrected chi connectivity index (χ2v) is 4.45. The van der Waals surface area contributed by atoms with Crippen LogP contribution < -0.4 is 5.73 Å². The van der Waals surface area contributed by atoms with E-state index in [1.54, 1.807) is 0 Å². The molecule has 0 saturated carbocycles. The Balaban J connectivity index is 4.30. The van der Waals surface area contributed by atoms with E-state index in [9.17, 15) is 4.79 Å². The molecule has 0 aliphatic heterocycles. The lowest BCUT2D eigenvalue weighted by Gasteiger charge is -2.27. The highest BCUT2D eigenvalue weighted by molar-refractivity contribution is 5.81. The summed E-state index contributed by atoms with van der Waals surface area (Å²) >= 11 is 0. The van der Waals surface area contributed by atoms with Crippen LogP contribution in [-0.4, -0.2) is 29.9 Å². The molecule has 0 fully saturated rings. The van der Waals surface area contributed by atoms with Gasteiger partial charge in [-0.15, -0.1) is 0 Å². The second-order valence-electron chi connectivity index (χ2n) is 4.45. The molecule has 0 aromatic heterocycles. The van der Waals surface area contributed by atoms with Gasteiger partial charge >= 0.3 is 0 Å². The molecule has 0 aromatic rings. The van der Waals surface area contributed by atoms with Gasteiger partial charge in [-0.05, 0) is 19.3 Å². The minimum absolute atomic E-state index is 0.122. The maximum Gasteiger partial charge on any atom is 0.239 e. The first-order valence-corrected chi connectivity index (χ1v) is 6.64. The number of carbonyl (C=O) groups is 1. The standard InChI is InChI=1S/C13H28N2O/c1-5-9-12(14)13(16)15(8-4)10-11(6-2)7-3/h11-12H,5-10,14H2,1-4H3. The fourth-order valence-electron chi connectivity index (χ4n) is 1.90. The highest BCUT2D eigenvalue weighted by atomic mass is 16.2. The van der Waals surface area contributed by atoms with Gasteiger partial charge in [-0.25, -0.2) is 0 Å². The average Bonchev–Trinajstić information content (AvgIpc) is 2.30. The van der Waals surface area contributed by atoms with Crippen molar-refractivity contribution in [3.63, 3.8) is 0 Å². The number of rotatable bonds is 8. The van der Waals surface area contributed by atoms with Crippen LogP contribution in [0.1, 0.15) is 53.4 Å². The van der Waals surface area contributed by atoms with E-state index in [1.165, 1.54) is 0 Å². The smallest absolute Gasteiger partial charge is 0.239 e. The third-order valence-electron chi connectivity index (χ3n) is 3.24. The molecule has 0 spiro atoms. The van der Waals surface area contributed by atoms with E-state index in [2.05, 4.69) is 20.8 Å². The molecule has 0 rings (SSSR count). The lowest BCUT2D eigenvalue weighted by Crippen LogP contribution is -2.45. The van der Waals surface area contributed by atoms with Gasteiger partial charge in [-0.2, -0.15) is 0 Å². The minimum Gasteiger partial charge on any atom is -0.341 e. The van der Waals surface area contributed by atoms with Gasteiger partial charge in [-0.3, -0.25) is 4.79 Å². The van der Waals surface area contributed by atoms with Gasteiger partial charge in [-0.1, -0.05) is 40.0 Å². The molecule has 0 heterocycles. The molecule has 1 unspecified atom stereocenters. The SMILES string of the molecule is CCCC(N)C(=O)N(CC)CC(CC)CC. The number of amides is 1. The Morgan fingerprint density at radius 3 is 2.12 bits per heavy atom. The van der Waals surface area contributed by atoms with Crippen molar-refractivity contribution in [2.45, 2.75) is 59.4 Å². The third-order valence-corrected chi connectivity index (χ3v) is 3.24. The molecule has 96 valence electrons. The summed E-state index contributed by atoms with van der Waals surface area (Å²) in [4.78, 5) is 13.9. The van der Waals surface area contributed by atoms with Gasteiger partial charge in [0, 0.05) is 13.1 Å². The molecular formula is C13H28N2O. The summed E-state index contributed by atoms with van der Waals surface area (Å²) < 4.78 is 0. The molecule has 2 N–H and O–H groups in total. The van der Waals surface area contributed by atoms with Crippen LogP contribution in [0.25, 0.3) is 0 Å². The van der Waals surface area contributed by atoms with Crippen LogP contribution >= 0.6 is 0 Å². The highest BCUT2D eigenvalue weighted by Gasteiger charge is 2.20. The lowest BCUT2D eigenvalue weighted by molar-refractivity contribution is -0.133. The van der Waals surface area contributed by atoms with Crippen LogP contribution in [0.15, 0.2) is 0 Å². The highest BCUT2D eigenvalue weighted by Crippen LogP contribution is 2.11. The molecule has 1 amide bonds. The van der Waals surface area contributed by atoms with Crippen molar-refractivity contribution >= 4 is 5.91 Å². The summed E-state index contributed by atoms with van der Waals surface area (Å²) in [6, 6.07) is -0.306. The zero-order valence-corrected chi connectivity index (χ0v) is 11.3. The van der Waals surface area contributed by atoms with Crippen molar-refractivity contribution in [3.8, 4) is 0 Å². The molecule has 16 heavy (non-hydrogen) atoms. The molecule has 0 aromatic carbocycles. The van der Waals surface area contributed by atoms with E-state index < -0.39 is 0 Å². The number of carbonyl (C=O) groups excluding carboxylic acids is 1. The predicted octanol–water partition coefficient (Wildman–Crippen LogP) is 2.40. The van der Waals surface area contributed by atoms with Crippen LogP contribution in [-0.2, 0) is 4.79 Å². The lowest BCUT2D eigenvalue weighted by atomic mass is 10.0. The van der Waals surface area contributed by atoms with Gasteiger partial charge in [0.15, 0.2) is 0 Å². The average molecular weight is 228 g/mol. The van der Waals surface area contributed by atoms with Gasteiger partial charge in [0.05, 0.1) is 6.04 Å². The summed E-state index contributed by atoms with van der Waals surface area (Å²) in [6.07, 6.45) is 4.01. The zero-order chi connectivity index (χ0) is 12.6. The summed E-state index contributed by atoms with van der Waals surface area (Å²) in [6.45, 7) is 10.1. The maximum absolute atomic E-state index is 12.0. The monoisotopic (exact) mass is 228 g/mol. The molecule has 1 atom stereocenters. The van der Waals surface area contributed by atoms with Gasteiger partial charge in [0.2, 0.25) is 5.91 Å². The predicted molar refractivity (Wildman–Crippen MR) is 69.2 cm³/mol. The van der Waals surface area contributed by atoms with Crippen LogP contribution in [0.5, 0.6) is 0 Å². The molecule has 0 saturated heterocycles. The molecule has 0 aliphatic rings. The number of likely N-dealkylation sites (N-methyl/N-ethyl adjacent to an activating group) is 1. The van der Waals surface area contributed by atoms with E-state index in [1.807, 2.05) is 11.8 Å². The van der Waals surface area contributed by atoms with Crippen molar-refractivity contribution in [2.75, 3.05) is 13.1 Å². The first-order valence-electron chi connectivity index (χ1n) is 6.64. The molecule has 3 nitrogen and oxygen atoms in total. The Morgan fingerprint density at radius 1 is 1.19 bits per heavy atom. The second kappa shape index (κ2) is 8.57.